The van der Waals surface area contributed by atoms with Gasteiger partial charge in [0.1, 0.15) is 0 Å². The Hall–Kier alpha value is -1.64. The zero-order chi connectivity index (χ0) is 13.0. The van der Waals surface area contributed by atoms with Crippen LogP contribution >= 0.6 is 0 Å². The van der Waals surface area contributed by atoms with Gasteiger partial charge >= 0.3 is 0 Å². The van der Waals surface area contributed by atoms with Crippen LogP contribution in [0.25, 0.3) is 0 Å². The molecule has 3 heteroatoms. The lowest BCUT2D eigenvalue weighted by atomic mass is 9.91. The molecule has 0 aromatic heterocycles. The molecule has 0 amide bonds. The molecule has 0 unspecified atom stereocenters. The molecule has 3 nitrogen and oxygen atoms in total. The van der Waals surface area contributed by atoms with Crippen LogP contribution in [0.4, 0.5) is 0 Å². The van der Waals surface area contributed by atoms with E-state index in [1.54, 1.807) is 12.2 Å². The number of hydrogen-bond donors (Lipinski definition) is 0. The molecule has 0 fully saturated rings. The van der Waals surface area contributed by atoms with Gasteiger partial charge in [-0.2, -0.15) is 0 Å². The largest absolute Gasteiger partial charge is 0.488 e. The number of allylic oxidation sites excluding steroid dienone is 4. The molecule has 0 saturated carbocycles. The fourth-order valence-electron chi connectivity index (χ4n) is 1.71. The molecular weight excluding hydrogens is 216 g/mol. The van der Waals surface area contributed by atoms with Crippen LogP contribution in [0.15, 0.2) is 35.6 Å². The normalized spacial score (nSPS) is 15.1. The van der Waals surface area contributed by atoms with E-state index in [1.165, 1.54) is 6.92 Å². The van der Waals surface area contributed by atoms with E-state index < -0.39 is 0 Å². The first-order valence-corrected chi connectivity index (χ1v) is 5.75. The molecule has 0 bridgehead atoms. The summed E-state index contributed by atoms with van der Waals surface area (Å²) in [7, 11) is 0. The molecule has 0 heterocycles. The van der Waals surface area contributed by atoms with Gasteiger partial charge in [0.2, 0.25) is 5.78 Å². The van der Waals surface area contributed by atoms with E-state index in [-0.39, 0.29) is 23.4 Å². The maximum atomic E-state index is 12.1. The lowest BCUT2D eigenvalue weighted by Crippen LogP contribution is -2.17. The molecule has 17 heavy (non-hydrogen) atoms. The highest BCUT2D eigenvalue weighted by molar-refractivity contribution is 6.17. The molecular formula is C14H18O3. The van der Waals surface area contributed by atoms with E-state index in [1.807, 2.05) is 13.8 Å². The number of ether oxygens (including phenoxy) is 1. The SMILES string of the molecule is C=C(OC(C)C)C(=O)C1=CCCC=C1C(C)=O. The van der Waals surface area contributed by atoms with Gasteiger partial charge in [0.25, 0.3) is 0 Å². The maximum Gasteiger partial charge on any atom is 0.227 e. The van der Waals surface area contributed by atoms with Crippen LogP contribution < -0.4 is 0 Å². The van der Waals surface area contributed by atoms with Crippen molar-refractivity contribution in [1.82, 2.24) is 0 Å². The van der Waals surface area contributed by atoms with Gasteiger partial charge in [0.15, 0.2) is 11.5 Å². The van der Waals surface area contributed by atoms with Crippen LogP contribution in [0.2, 0.25) is 0 Å². The Labute approximate surface area is 102 Å². The maximum absolute atomic E-state index is 12.1. The zero-order valence-electron chi connectivity index (χ0n) is 10.6. The number of carbonyl (C=O) groups excluding carboxylic acids is 2. The quantitative estimate of drug-likeness (QED) is 0.542. The standard InChI is InChI=1S/C14H18O3/c1-9(2)17-11(4)14(16)13-8-6-5-7-12(13)10(3)15/h7-9H,4-6H2,1-3H3. The minimum atomic E-state index is -0.292. The van der Waals surface area contributed by atoms with Crippen molar-refractivity contribution >= 4 is 11.6 Å². The third kappa shape index (κ3) is 3.41. The second-order valence-corrected chi connectivity index (χ2v) is 4.29. The molecule has 0 aliphatic heterocycles. The average molecular weight is 234 g/mol. The Morgan fingerprint density at radius 3 is 2.24 bits per heavy atom. The van der Waals surface area contributed by atoms with Gasteiger partial charge in [0, 0.05) is 11.1 Å². The van der Waals surface area contributed by atoms with E-state index in [2.05, 4.69) is 6.58 Å². The predicted octanol–water partition coefficient (Wildman–Crippen LogP) is 2.73. The second-order valence-electron chi connectivity index (χ2n) is 4.29. The predicted molar refractivity (Wildman–Crippen MR) is 66.4 cm³/mol. The summed E-state index contributed by atoms with van der Waals surface area (Å²) in [4.78, 5) is 23.5. The van der Waals surface area contributed by atoms with Gasteiger partial charge in [-0.3, -0.25) is 9.59 Å². The van der Waals surface area contributed by atoms with E-state index in [0.29, 0.717) is 11.1 Å². The molecule has 0 aromatic rings. The Kier molecular flexibility index (Phi) is 4.44. The summed E-state index contributed by atoms with van der Waals surface area (Å²) in [5.41, 5.74) is 0.907. The van der Waals surface area contributed by atoms with Crippen molar-refractivity contribution < 1.29 is 14.3 Å². The summed E-state index contributed by atoms with van der Waals surface area (Å²) in [5.74, 6) is -0.290. The molecule has 1 rings (SSSR count). The minimum Gasteiger partial charge on any atom is -0.488 e. The zero-order valence-corrected chi connectivity index (χ0v) is 10.6. The van der Waals surface area contributed by atoms with Crippen molar-refractivity contribution in [2.75, 3.05) is 0 Å². The molecule has 1 aliphatic rings. The van der Waals surface area contributed by atoms with Gasteiger partial charge in [-0.25, -0.2) is 0 Å². The summed E-state index contributed by atoms with van der Waals surface area (Å²) in [5, 5.41) is 0. The van der Waals surface area contributed by atoms with Gasteiger partial charge < -0.3 is 4.74 Å². The lowest BCUT2D eigenvalue weighted by molar-refractivity contribution is -0.117. The van der Waals surface area contributed by atoms with Crippen LogP contribution in [0.1, 0.15) is 33.6 Å². The summed E-state index contributed by atoms with van der Waals surface area (Å²) >= 11 is 0. The Morgan fingerprint density at radius 1 is 1.24 bits per heavy atom. The fraction of sp³-hybridized carbons (Fsp3) is 0.429. The average Bonchev–Trinajstić information content (AvgIpc) is 2.27. The fourth-order valence-corrected chi connectivity index (χ4v) is 1.71. The van der Waals surface area contributed by atoms with E-state index in [4.69, 9.17) is 4.74 Å². The van der Waals surface area contributed by atoms with E-state index in [9.17, 15) is 9.59 Å². The summed E-state index contributed by atoms with van der Waals surface area (Å²) in [6.07, 6.45) is 5.06. The highest BCUT2D eigenvalue weighted by atomic mass is 16.5. The van der Waals surface area contributed by atoms with Crippen molar-refractivity contribution in [3.8, 4) is 0 Å². The summed E-state index contributed by atoms with van der Waals surface area (Å²) < 4.78 is 5.27. The monoisotopic (exact) mass is 234 g/mol. The molecule has 0 atom stereocenters. The van der Waals surface area contributed by atoms with Crippen molar-refractivity contribution in [2.24, 2.45) is 0 Å². The molecule has 1 aliphatic carbocycles. The van der Waals surface area contributed by atoms with Gasteiger partial charge in [-0.05, 0) is 33.6 Å². The number of rotatable bonds is 5. The summed E-state index contributed by atoms with van der Waals surface area (Å²) in [6, 6.07) is 0. The van der Waals surface area contributed by atoms with Crippen LogP contribution in [-0.2, 0) is 14.3 Å². The van der Waals surface area contributed by atoms with Gasteiger partial charge in [-0.15, -0.1) is 0 Å². The third-order valence-electron chi connectivity index (χ3n) is 2.41. The molecule has 0 N–H and O–H groups in total. The molecule has 0 saturated heterocycles. The molecule has 0 aromatic carbocycles. The van der Waals surface area contributed by atoms with Crippen LogP contribution in [0, 0.1) is 0 Å². The van der Waals surface area contributed by atoms with Crippen LogP contribution in [-0.4, -0.2) is 17.7 Å². The number of Topliss-reactive ketones (excluding diaryl/α,β-unsaturated/α-hetero) is 2. The van der Waals surface area contributed by atoms with Crippen molar-refractivity contribution in [2.45, 2.75) is 39.7 Å². The Morgan fingerprint density at radius 2 is 1.76 bits per heavy atom. The molecule has 92 valence electrons. The van der Waals surface area contributed by atoms with Gasteiger partial charge in [0.05, 0.1) is 6.10 Å². The number of hydrogen-bond acceptors (Lipinski definition) is 3. The highest BCUT2D eigenvalue weighted by Gasteiger charge is 2.23. The van der Waals surface area contributed by atoms with Crippen molar-refractivity contribution in [3.05, 3.63) is 35.6 Å². The molecule has 0 spiro atoms. The Bertz CT molecular complexity index is 411. The topological polar surface area (TPSA) is 43.4 Å². The molecule has 0 radical (unpaired) electrons. The first-order chi connectivity index (χ1) is 7.93. The van der Waals surface area contributed by atoms with E-state index in [0.717, 1.165) is 12.8 Å². The van der Waals surface area contributed by atoms with Crippen molar-refractivity contribution in [3.63, 3.8) is 0 Å². The smallest absolute Gasteiger partial charge is 0.227 e. The highest BCUT2D eigenvalue weighted by Crippen LogP contribution is 2.23. The lowest BCUT2D eigenvalue weighted by Gasteiger charge is -2.16. The summed E-state index contributed by atoms with van der Waals surface area (Å²) in [6.45, 7) is 8.73. The first-order valence-electron chi connectivity index (χ1n) is 5.75. The van der Waals surface area contributed by atoms with Crippen molar-refractivity contribution in [1.29, 1.82) is 0 Å². The third-order valence-corrected chi connectivity index (χ3v) is 2.41. The first kappa shape index (κ1) is 13.4. The minimum absolute atomic E-state index is 0.0957. The Balaban J connectivity index is 2.88. The number of ketones is 2. The number of carbonyl (C=O) groups is 2. The van der Waals surface area contributed by atoms with Gasteiger partial charge in [-0.1, -0.05) is 18.7 Å². The van der Waals surface area contributed by atoms with Crippen LogP contribution in [0.3, 0.4) is 0 Å². The van der Waals surface area contributed by atoms with E-state index >= 15 is 0 Å². The second kappa shape index (κ2) is 5.62. The van der Waals surface area contributed by atoms with Crippen LogP contribution in [0.5, 0.6) is 0 Å².